The van der Waals surface area contributed by atoms with Crippen LogP contribution in [0.4, 0.5) is 0 Å². The summed E-state index contributed by atoms with van der Waals surface area (Å²) in [5.74, 6) is -0.231. The topological polar surface area (TPSA) is 46.5 Å². The minimum atomic E-state index is -0.963. The number of ether oxygens (including phenoxy) is 1. The van der Waals surface area contributed by atoms with E-state index in [0.29, 0.717) is 6.61 Å². The second-order valence-corrected chi connectivity index (χ2v) is 4.10. The lowest BCUT2D eigenvalue weighted by molar-refractivity contribution is -0.131. The Hall–Kier alpha value is -1.55. The van der Waals surface area contributed by atoms with E-state index >= 15 is 0 Å². The van der Waals surface area contributed by atoms with Crippen LogP contribution < -0.4 is 4.74 Å². The molecule has 0 saturated carbocycles. The molecule has 0 aliphatic rings. The molecule has 1 aromatic rings. The minimum absolute atomic E-state index is 0.513. The van der Waals surface area contributed by atoms with Crippen LogP contribution in [0.5, 0.6) is 5.75 Å². The summed E-state index contributed by atoms with van der Waals surface area (Å²) in [6, 6.07) is 5.41. The lowest BCUT2D eigenvalue weighted by Crippen LogP contribution is -1.94. The summed E-state index contributed by atoms with van der Waals surface area (Å²) < 4.78 is 6.28. The van der Waals surface area contributed by atoms with Crippen molar-refractivity contribution >= 4 is 28.0 Å². The molecule has 3 nitrogen and oxygen atoms in total. The number of carboxylic acids is 1. The Kier molecular flexibility index (Phi) is 5.49. The third-order valence-electron chi connectivity index (χ3n) is 1.95. The molecule has 0 aliphatic carbocycles. The fourth-order valence-electron chi connectivity index (χ4n) is 1.14. The Morgan fingerprint density at radius 2 is 2.29 bits per heavy atom. The van der Waals surface area contributed by atoms with E-state index < -0.39 is 5.97 Å². The number of halogens is 1. The first-order valence-electron chi connectivity index (χ1n) is 5.08. The number of rotatable bonds is 5. The van der Waals surface area contributed by atoms with Gasteiger partial charge in [-0.3, -0.25) is 0 Å². The quantitative estimate of drug-likeness (QED) is 0.668. The van der Waals surface area contributed by atoms with Crippen LogP contribution in [0.15, 0.2) is 40.9 Å². The van der Waals surface area contributed by atoms with Gasteiger partial charge in [0, 0.05) is 6.08 Å². The van der Waals surface area contributed by atoms with Gasteiger partial charge in [-0.2, -0.15) is 0 Å². The maximum atomic E-state index is 10.4. The van der Waals surface area contributed by atoms with Crippen LogP contribution >= 0.6 is 15.9 Å². The molecule has 0 atom stereocenters. The van der Waals surface area contributed by atoms with Gasteiger partial charge in [-0.15, -0.1) is 0 Å². The summed E-state index contributed by atoms with van der Waals surface area (Å²) in [5, 5.41) is 8.51. The van der Waals surface area contributed by atoms with Gasteiger partial charge in [0.15, 0.2) is 0 Å². The maximum absolute atomic E-state index is 10.4. The highest BCUT2D eigenvalue weighted by Crippen LogP contribution is 2.26. The zero-order valence-corrected chi connectivity index (χ0v) is 11.0. The summed E-state index contributed by atoms with van der Waals surface area (Å²) in [6.45, 7) is 2.44. The van der Waals surface area contributed by atoms with Crippen molar-refractivity contribution in [3.05, 3.63) is 46.5 Å². The molecular formula is C13H13BrO3. The lowest BCUT2D eigenvalue weighted by Gasteiger charge is -2.06. The molecule has 0 heterocycles. The van der Waals surface area contributed by atoms with Gasteiger partial charge in [0.1, 0.15) is 12.4 Å². The number of carboxylic acid groups (broad SMARTS) is 1. The molecule has 0 fully saturated rings. The first-order valence-corrected chi connectivity index (χ1v) is 5.87. The maximum Gasteiger partial charge on any atom is 0.328 e. The zero-order chi connectivity index (χ0) is 12.7. The monoisotopic (exact) mass is 296 g/mol. The van der Waals surface area contributed by atoms with Crippen LogP contribution in [0.25, 0.3) is 6.08 Å². The Morgan fingerprint density at radius 3 is 2.88 bits per heavy atom. The highest BCUT2D eigenvalue weighted by atomic mass is 79.9. The first kappa shape index (κ1) is 13.5. The van der Waals surface area contributed by atoms with E-state index in [-0.39, 0.29) is 0 Å². The molecule has 1 aromatic carbocycles. The van der Waals surface area contributed by atoms with Gasteiger partial charge in [-0.25, -0.2) is 4.79 Å². The number of hydrogen-bond acceptors (Lipinski definition) is 2. The molecule has 90 valence electrons. The molecule has 0 amide bonds. The molecular weight excluding hydrogens is 284 g/mol. The van der Waals surface area contributed by atoms with Crippen molar-refractivity contribution in [1.82, 2.24) is 0 Å². The predicted molar refractivity (Wildman–Crippen MR) is 71.1 cm³/mol. The van der Waals surface area contributed by atoms with E-state index in [1.54, 1.807) is 12.1 Å². The van der Waals surface area contributed by atoms with Crippen LogP contribution in [0, 0.1) is 0 Å². The third-order valence-corrected chi connectivity index (χ3v) is 2.56. The summed E-state index contributed by atoms with van der Waals surface area (Å²) >= 11 is 3.38. The SMILES string of the molecule is CC=CCOc1ccc(C=CC(=O)O)cc1Br. The number of aliphatic carboxylic acids is 1. The minimum Gasteiger partial charge on any atom is -0.488 e. The number of benzene rings is 1. The van der Waals surface area contributed by atoms with Crippen LogP contribution in [-0.4, -0.2) is 17.7 Å². The summed E-state index contributed by atoms with van der Waals surface area (Å²) in [6.07, 6.45) is 6.45. The zero-order valence-electron chi connectivity index (χ0n) is 9.39. The number of carbonyl (C=O) groups is 1. The fraction of sp³-hybridized carbons (Fsp3) is 0.154. The molecule has 0 bridgehead atoms. The average Bonchev–Trinajstić information content (AvgIpc) is 2.29. The molecule has 1 rings (SSSR count). The van der Waals surface area contributed by atoms with Gasteiger partial charge in [-0.1, -0.05) is 18.2 Å². The van der Waals surface area contributed by atoms with Crippen molar-refractivity contribution in [2.45, 2.75) is 6.92 Å². The molecule has 0 unspecified atom stereocenters. The van der Waals surface area contributed by atoms with Crippen molar-refractivity contribution in [3.63, 3.8) is 0 Å². The summed E-state index contributed by atoms with van der Waals surface area (Å²) in [7, 11) is 0. The Labute approximate surface area is 109 Å². The molecule has 0 spiro atoms. The Balaban J connectivity index is 2.75. The molecule has 4 heteroatoms. The van der Waals surface area contributed by atoms with Gasteiger partial charge in [-0.05, 0) is 46.6 Å². The van der Waals surface area contributed by atoms with Crippen LogP contribution in [-0.2, 0) is 4.79 Å². The second-order valence-electron chi connectivity index (χ2n) is 3.24. The predicted octanol–water partition coefficient (Wildman–Crippen LogP) is 3.50. The van der Waals surface area contributed by atoms with Crippen molar-refractivity contribution in [2.24, 2.45) is 0 Å². The number of hydrogen-bond donors (Lipinski definition) is 1. The third kappa shape index (κ3) is 4.87. The largest absolute Gasteiger partial charge is 0.488 e. The van der Waals surface area contributed by atoms with Gasteiger partial charge >= 0.3 is 5.97 Å². The van der Waals surface area contributed by atoms with Crippen molar-refractivity contribution in [3.8, 4) is 5.75 Å². The highest BCUT2D eigenvalue weighted by Gasteiger charge is 2.00. The van der Waals surface area contributed by atoms with Gasteiger partial charge < -0.3 is 9.84 Å². The van der Waals surface area contributed by atoms with Crippen LogP contribution in [0.3, 0.4) is 0 Å². The average molecular weight is 297 g/mol. The number of allylic oxidation sites excluding steroid dienone is 1. The first-order chi connectivity index (χ1) is 8.13. The molecule has 0 saturated heterocycles. The smallest absolute Gasteiger partial charge is 0.328 e. The Morgan fingerprint density at radius 1 is 1.53 bits per heavy atom. The molecule has 0 radical (unpaired) electrons. The van der Waals surface area contributed by atoms with E-state index in [1.165, 1.54) is 6.08 Å². The molecule has 0 aliphatic heterocycles. The standard InChI is InChI=1S/C13H13BrO3/c1-2-3-8-17-12-6-4-10(9-11(12)14)5-7-13(15)16/h2-7,9H,8H2,1H3,(H,15,16). The molecule has 1 N–H and O–H groups in total. The van der Waals surface area contributed by atoms with Crippen molar-refractivity contribution in [1.29, 1.82) is 0 Å². The molecule has 0 aromatic heterocycles. The van der Waals surface area contributed by atoms with E-state index in [1.807, 2.05) is 25.1 Å². The lowest BCUT2D eigenvalue weighted by atomic mass is 10.2. The highest BCUT2D eigenvalue weighted by molar-refractivity contribution is 9.10. The second kappa shape index (κ2) is 6.91. The van der Waals surface area contributed by atoms with Crippen LogP contribution in [0.2, 0.25) is 0 Å². The van der Waals surface area contributed by atoms with E-state index in [9.17, 15) is 4.79 Å². The Bertz CT molecular complexity index is 450. The molecule has 17 heavy (non-hydrogen) atoms. The summed E-state index contributed by atoms with van der Waals surface area (Å²) in [4.78, 5) is 10.4. The van der Waals surface area contributed by atoms with Gasteiger partial charge in [0.25, 0.3) is 0 Å². The van der Waals surface area contributed by atoms with E-state index in [4.69, 9.17) is 9.84 Å². The fourth-order valence-corrected chi connectivity index (χ4v) is 1.65. The van der Waals surface area contributed by atoms with Crippen LogP contribution in [0.1, 0.15) is 12.5 Å². The summed E-state index contributed by atoms with van der Waals surface area (Å²) in [5.41, 5.74) is 0.803. The normalized spacial score (nSPS) is 11.2. The van der Waals surface area contributed by atoms with E-state index in [0.717, 1.165) is 21.9 Å². The van der Waals surface area contributed by atoms with E-state index in [2.05, 4.69) is 15.9 Å². The van der Waals surface area contributed by atoms with Crippen molar-refractivity contribution in [2.75, 3.05) is 6.61 Å². The van der Waals surface area contributed by atoms with Gasteiger partial charge in [0.05, 0.1) is 4.47 Å². The van der Waals surface area contributed by atoms with Gasteiger partial charge in [0.2, 0.25) is 0 Å². The van der Waals surface area contributed by atoms with Crippen molar-refractivity contribution < 1.29 is 14.6 Å².